The van der Waals surface area contributed by atoms with Crippen LogP contribution in [-0.4, -0.2) is 52.5 Å². The lowest BCUT2D eigenvalue weighted by atomic mass is 9.79. The maximum Gasteiger partial charge on any atom is 0.168 e. The minimum Gasteiger partial charge on any atom is -0.383 e. The van der Waals surface area contributed by atoms with E-state index in [1.165, 1.54) is 22.2 Å². The van der Waals surface area contributed by atoms with Crippen LogP contribution in [0.15, 0.2) is 59.6 Å². The van der Waals surface area contributed by atoms with Gasteiger partial charge in [0.05, 0.1) is 12.3 Å². The summed E-state index contributed by atoms with van der Waals surface area (Å²) in [5, 5.41) is 2.23. The van der Waals surface area contributed by atoms with E-state index in [4.69, 9.17) is 14.5 Å². The molecule has 0 spiro atoms. The van der Waals surface area contributed by atoms with Crippen LogP contribution in [0.5, 0.6) is 0 Å². The number of anilines is 1. The quantitative estimate of drug-likeness (QED) is 0.435. The Hall–Kier alpha value is -3.02. The van der Waals surface area contributed by atoms with Gasteiger partial charge in [-0.3, -0.25) is 9.79 Å². The van der Waals surface area contributed by atoms with Gasteiger partial charge < -0.3 is 14.4 Å². The number of ketones is 1. The van der Waals surface area contributed by atoms with Crippen molar-refractivity contribution in [3.63, 3.8) is 0 Å². The molecule has 5 rings (SSSR count). The van der Waals surface area contributed by atoms with Crippen LogP contribution in [0.1, 0.15) is 40.7 Å². The van der Waals surface area contributed by atoms with E-state index >= 15 is 0 Å². The predicted octanol–water partition coefficient (Wildman–Crippen LogP) is 5.84. The summed E-state index contributed by atoms with van der Waals surface area (Å²) in [6.07, 6.45) is 5.35. The lowest BCUT2D eigenvalue weighted by molar-refractivity contribution is 0.0444. The Bertz CT molecular complexity index is 1210. The van der Waals surface area contributed by atoms with Crippen molar-refractivity contribution in [2.75, 3.05) is 45.4 Å². The standard InChI is InChI=1S/C30H34N2O3/c1-32(15-18-34-2)24-9-7-21(8-10-24)19-23-20-28-29(27-6-4-3-5-25(23)27)31-14-11-26(30(28)33)22-12-16-35-17-13-22/h3-10,14,20,22,26H,11-13,15-19H2,1-2H3. The summed E-state index contributed by atoms with van der Waals surface area (Å²) < 4.78 is 10.8. The average molecular weight is 471 g/mol. The van der Waals surface area contributed by atoms with E-state index in [9.17, 15) is 4.79 Å². The van der Waals surface area contributed by atoms with Gasteiger partial charge >= 0.3 is 0 Å². The molecule has 1 saturated heterocycles. The van der Waals surface area contributed by atoms with Gasteiger partial charge in [0.2, 0.25) is 0 Å². The molecule has 182 valence electrons. The van der Waals surface area contributed by atoms with Gasteiger partial charge in [0.15, 0.2) is 5.78 Å². The van der Waals surface area contributed by atoms with Gasteiger partial charge in [-0.05, 0) is 66.3 Å². The number of methoxy groups -OCH3 is 1. The van der Waals surface area contributed by atoms with Crippen molar-refractivity contribution in [2.24, 2.45) is 16.8 Å². The summed E-state index contributed by atoms with van der Waals surface area (Å²) in [6, 6.07) is 19.2. The zero-order valence-corrected chi connectivity index (χ0v) is 20.7. The number of fused-ring (bicyclic) bond motifs is 3. The maximum atomic E-state index is 13.9. The van der Waals surface area contributed by atoms with E-state index in [0.717, 1.165) is 55.7 Å². The molecule has 5 heteroatoms. The molecule has 3 aromatic rings. The summed E-state index contributed by atoms with van der Waals surface area (Å²) in [4.78, 5) is 20.9. The molecule has 2 aliphatic rings. The molecule has 0 bridgehead atoms. The van der Waals surface area contributed by atoms with Crippen molar-refractivity contribution in [2.45, 2.75) is 25.7 Å². The maximum absolute atomic E-state index is 13.9. The Morgan fingerprint density at radius 1 is 1.06 bits per heavy atom. The van der Waals surface area contributed by atoms with Crippen molar-refractivity contribution in [3.05, 3.63) is 71.3 Å². The molecule has 0 aliphatic carbocycles. The molecule has 5 nitrogen and oxygen atoms in total. The number of benzene rings is 3. The third kappa shape index (κ3) is 5.02. The lowest BCUT2D eigenvalue weighted by Gasteiger charge is -2.28. The van der Waals surface area contributed by atoms with Crippen LogP contribution >= 0.6 is 0 Å². The predicted molar refractivity (Wildman–Crippen MR) is 142 cm³/mol. The van der Waals surface area contributed by atoms with Gasteiger partial charge in [0, 0.05) is 62.7 Å². The number of rotatable bonds is 7. The molecule has 0 N–H and O–H groups in total. The van der Waals surface area contributed by atoms with Gasteiger partial charge in [-0.1, -0.05) is 36.4 Å². The van der Waals surface area contributed by atoms with E-state index in [1.54, 1.807) is 7.11 Å². The number of Topliss-reactive ketones (excluding diaryl/α,β-unsaturated/α-hetero) is 1. The van der Waals surface area contributed by atoms with Crippen LogP contribution < -0.4 is 4.90 Å². The molecule has 1 atom stereocenters. The average Bonchev–Trinajstić information content (AvgIpc) is 3.07. The first-order valence-electron chi connectivity index (χ1n) is 12.6. The Morgan fingerprint density at radius 2 is 1.80 bits per heavy atom. The zero-order valence-electron chi connectivity index (χ0n) is 20.7. The number of carbonyl (C=O) groups is 1. The van der Waals surface area contributed by atoms with Gasteiger partial charge in [-0.25, -0.2) is 0 Å². The van der Waals surface area contributed by atoms with E-state index in [-0.39, 0.29) is 11.7 Å². The van der Waals surface area contributed by atoms with Crippen molar-refractivity contribution in [1.82, 2.24) is 0 Å². The van der Waals surface area contributed by atoms with Gasteiger partial charge in [0.1, 0.15) is 0 Å². The first kappa shape index (κ1) is 23.7. The molecular formula is C30H34N2O3. The lowest BCUT2D eigenvalue weighted by Crippen LogP contribution is -2.29. The number of likely N-dealkylation sites (N-methyl/N-ethyl adjacent to an activating group) is 1. The molecule has 35 heavy (non-hydrogen) atoms. The molecule has 0 amide bonds. The Kier molecular flexibility index (Phi) is 7.26. The molecule has 2 aliphatic heterocycles. The monoisotopic (exact) mass is 470 g/mol. The minimum absolute atomic E-state index is 0.0140. The molecule has 3 aromatic carbocycles. The highest BCUT2D eigenvalue weighted by Crippen LogP contribution is 2.39. The van der Waals surface area contributed by atoms with Crippen LogP contribution in [0.3, 0.4) is 0 Å². The number of carbonyl (C=O) groups excluding carboxylic acids is 1. The summed E-state index contributed by atoms with van der Waals surface area (Å²) in [7, 11) is 3.80. The molecule has 0 aromatic heterocycles. The first-order valence-corrected chi connectivity index (χ1v) is 12.6. The second-order valence-corrected chi connectivity index (χ2v) is 9.70. The SMILES string of the molecule is COCCN(C)c1ccc(Cc2cc3c(c4ccccc24)N=CCC(C2CCOCC2)C3=O)cc1. The highest BCUT2D eigenvalue weighted by molar-refractivity contribution is 6.12. The van der Waals surface area contributed by atoms with Crippen LogP contribution in [0.25, 0.3) is 10.8 Å². The van der Waals surface area contributed by atoms with Crippen LogP contribution in [0, 0.1) is 11.8 Å². The van der Waals surface area contributed by atoms with Crippen molar-refractivity contribution in [1.29, 1.82) is 0 Å². The number of aliphatic imine (C=N–C) groups is 1. The molecule has 1 unspecified atom stereocenters. The fraction of sp³-hybridized carbons (Fsp3) is 0.400. The number of hydrogen-bond donors (Lipinski definition) is 0. The number of nitrogens with zero attached hydrogens (tertiary/aromatic N) is 2. The molecular weight excluding hydrogens is 436 g/mol. The van der Waals surface area contributed by atoms with Crippen molar-refractivity contribution < 1.29 is 14.3 Å². The third-order valence-corrected chi connectivity index (χ3v) is 7.52. The number of hydrogen-bond acceptors (Lipinski definition) is 5. The summed E-state index contributed by atoms with van der Waals surface area (Å²) in [5.41, 5.74) is 5.18. The third-order valence-electron chi connectivity index (χ3n) is 7.52. The highest BCUT2D eigenvalue weighted by Gasteiger charge is 2.33. The summed E-state index contributed by atoms with van der Waals surface area (Å²) in [6.45, 7) is 3.04. The molecule has 0 saturated carbocycles. The van der Waals surface area contributed by atoms with Crippen LogP contribution in [0.4, 0.5) is 11.4 Å². The normalized spacial score (nSPS) is 18.5. The van der Waals surface area contributed by atoms with Crippen LogP contribution in [0.2, 0.25) is 0 Å². The minimum atomic E-state index is -0.0140. The fourth-order valence-electron chi connectivity index (χ4n) is 5.44. The van der Waals surface area contributed by atoms with E-state index < -0.39 is 0 Å². The smallest absolute Gasteiger partial charge is 0.168 e. The Morgan fingerprint density at radius 3 is 2.54 bits per heavy atom. The van der Waals surface area contributed by atoms with E-state index in [0.29, 0.717) is 18.9 Å². The first-order chi connectivity index (χ1) is 17.2. The fourth-order valence-corrected chi connectivity index (χ4v) is 5.44. The second kappa shape index (κ2) is 10.7. The van der Waals surface area contributed by atoms with Gasteiger partial charge in [0.25, 0.3) is 0 Å². The topological polar surface area (TPSA) is 51.1 Å². The largest absolute Gasteiger partial charge is 0.383 e. The van der Waals surface area contributed by atoms with E-state index in [2.05, 4.69) is 60.5 Å². The van der Waals surface area contributed by atoms with Crippen molar-refractivity contribution in [3.8, 4) is 0 Å². The summed E-state index contributed by atoms with van der Waals surface area (Å²) >= 11 is 0. The van der Waals surface area contributed by atoms with Crippen LogP contribution in [-0.2, 0) is 15.9 Å². The molecule has 0 radical (unpaired) electrons. The van der Waals surface area contributed by atoms with Crippen molar-refractivity contribution >= 4 is 34.1 Å². The second-order valence-electron chi connectivity index (χ2n) is 9.70. The molecule has 1 fully saturated rings. The van der Waals surface area contributed by atoms with E-state index in [1.807, 2.05) is 12.3 Å². The number of ether oxygens (including phenoxy) is 2. The van der Waals surface area contributed by atoms with Gasteiger partial charge in [-0.2, -0.15) is 0 Å². The Labute approximate surface area is 207 Å². The Balaban J connectivity index is 1.48. The molecule has 2 heterocycles. The zero-order chi connectivity index (χ0) is 24.2. The highest BCUT2D eigenvalue weighted by atomic mass is 16.5. The summed E-state index contributed by atoms with van der Waals surface area (Å²) in [5.74, 6) is 0.595. The van der Waals surface area contributed by atoms with Gasteiger partial charge in [-0.15, -0.1) is 0 Å².